The molecule has 0 aliphatic carbocycles. The van der Waals surface area contributed by atoms with Crippen molar-refractivity contribution in [3.63, 3.8) is 0 Å². The van der Waals surface area contributed by atoms with Crippen LogP contribution in [0.2, 0.25) is 5.02 Å². The van der Waals surface area contributed by atoms with Crippen molar-refractivity contribution in [1.29, 1.82) is 5.26 Å². The number of nitrogens with one attached hydrogen (secondary N) is 1. The maximum atomic E-state index is 12.2. The Morgan fingerprint density at radius 3 is 2.74 bits per heavy atom. The highest BCUT2D eigenvalue weighted by molar-refractivity contribution is 6.32. The molecule has 0 radical (unpaired) electrons. The number of carbonyl (C=O) groups excluding carboxylic acids is 2. The first-order chi connectivity index (χ1) is 13.0. The number of benzene rings is 2. The van der Waals surface area contributed by atoms with Gasteiger partial charge in [-0.1, -0.05) is 23.7 Å². The van der Waals surface area contributed by atoms with E-state index in [9.17, 15) is 9.59 Å². The number of fused-ring (bicyclic) bond motifs is 1. The highest BCUT2D eigenvalue weighted by Crippen LogP contribution is 2.31. The van der Waals surface area contributed by atoms with E-state index in [1.807, 2.05) is 6.07 Å². The zero-order valence-electron chi connectivity index (χ0n) is 14.3. The van der Waals surface area contributed by atoms with Crippen LogP contribution in [0.15, 0.2) is 42.5 Å². The van der Waals surface area contributed by atoms with Gasteiger partial charge < -0.3 is 19.5 Å². The van der Waals surface area contributed by atoms with E-state index in [-0.39, 0.29) is 11.6 Å². The summed E-state index contributed by atoms with van der Waals surface area (Å²) in [7, 11) is 0. The molecule has 1 heterocycles. The van der Waals surface area contributed by atoms with E-state index in [4.69, 9.17) is 31.1 Å². The molecule has 2 atom stereocenters. The Morgan fingerprint density at radius 1 is 1.30 bits per heavy atom. The maximum absolute atomic E-state index is 12.2. The number of nitriles is 1. The lowest BCUT2D eigenvalue weighted by atomic mass is 10.2. The smallest absolute Gasteiger partial charge is 0.351 e. The zero-order valence-corrected chi connectivity index (χ0v) is 15.0. The highest BCUT2D eigenvalue weighted by atomic mass is 35.5. The number of hydrogen-bond donors (Lipinski definition) is 1. The molecule has 0 unspecified atom stereocenters. The van der Waals surface area contributed by atoms with Crippen LogP contribution in [-0.2, 0) is 14.3 Å². The molecule has 0 bridgehead atoms. The third kappa shape index (κ3) is 4.30. The largest absolute Gasteiger partial charge is 0.485 e. The molecule has 8 heteroatoms. The molecule has 2 aromatic rings. The number of anilines is 1. The Bertz CT molecular complexity index is 925. The molecule has 27 heavy (non-hydrogen) atoms. The summed E-state index contributed by atoms with van der Waals surface area (Å²) in [6.45, 7) is 1.44. The van der Waals surface area contributed by atoms with Gasteiger partial charge in [0.2, 0.25) is 6.10 Å². The van der Waals surface area contributed by atoms with Crippen molar-refractivity contribution in [2.24, 2.45) is 0 Å². The molecule has 0 saturated heterocycles. The minimum Gasteiger partial charge on any atom is -0.485 e. The lowest BCUT2D eigenvalue weighted by Crippen LogP contribution is -2.41. The average molecular weight is 387 g/mol. The van der Waals surface area contributed by atoms with Gasteiger partial charge in [-0.3, -0.25) is 4.79 Å². The summed E-state index contributed by atoms with van der Waals surface area (Å²) in [5.41, 5.74) is 0.682. The quantitative estimate of drug-likeness (QED) is 0.811. The van der Waals surface area contributed by atoms with Crippen LogP contribution in [0.1, 0.15) is 12.5 Å². The summed E-state index contributed by atoms with van der Waals surface area (Å²) in [6, 6.07) is 13.4. The molecule has 1 amide bonds. The van der Waals surface area contributed by atoms with Gasteiger partial charge in [-0.05, 0) is 37.3 Å². The fraction of sp³-hybridized carbons (Fsp3) is 0.211. The van der Waals surface area contributed by atoms with E-state index >= 15 is 0 Å². The van der Waals surface area contributed by atoms with E-state index in [1.165, 1.54) is 25.1 Å². The molecule has 0 aromatic heterocycles. The standard InChI is InChI=1S/C19H15ClN2O5/c1-11(18(23)22-13-7-6-12(9-21)14(20)8-13)26-19(24)17-10-25-15-4-2-3-5-16(15)27-17/h2-8,11,17H,10H2,1H3,(H,22,23)/t11-,17+/m1/s1. The fourth-order valence-corrected chi connectivity index (χ4v) is 2.59. The Morgan fingerprint density at radius 2 is 2.04 bits per heavy atom. The summed E-state index contributed by atoms with van der Waals surface area (Å²) in [5.74, 6) is -0.258. The number of amides is 1. The number of para-hydroxylation sites is 2. The van der Waals surface area contributed by atoms with Crippen LogP contribution in [0, 0.1) is 11.3 Å². The third-order valence-electron chi connectivity index (χ3n) is 3.79. The van der Waals surface area contributed by atoms with E-state index in [2.05, 4.69) is 5.32 Å². The third-order valence-corrected chi connectivity index (χ3v) is 4.10. The van der Waals surface area contributed by atoms with Gasteiger partial charge in [0.15, 0.2) is 17.6 Å². The molecule has 0 saturated carbocycles. The average Bonchev–Trinajstić information content (AvgIpc) is 2.67. The van der Waals surface area contributed by atoms with E-state index < -0.39 is 24.1 Å². The number of esters is 1. The Balaban J connectivity index is 1.57. The maximum Gasteiger partial charge on any atom is 0.351 e. The van der Waals surface area contributed by atoms with Gasteiger partial charge in [0.1, 0.15) is 12.7 Å². The highest BCUT2D eigenvalue weighted by Gasteiger charge is 2.31. The van der Waals surface area contributed by atoms with Crippen molar-refractivity contribution >= 4 is 29.2 Å². The van der Waals surface area contributed by atoms with Crippen LogP contribution in [0.4, 0.5) is 5.69 Å². The summed E-state index contributed by atoms with van der Waals surface area (Å²) >= 11 is 5.93. The van der Waals surface area contributed by atoms with Gasteiger partial charge in [-0.15, -0.1) is 0 Å². The molecule has 1 N–H and O–H groups in total. The molecular formula is C19H15ClN2O5. The molecule has 2 aromatic carbocycles. The second-order valence-electron chi connectivity index (χ2n) is 5.74. The normalized spacial score (nSPS) is 16.0. The second kappa shape index (κ2) is 7.98. The lowest BCUT2D eigenvalue weighted by Gasteiger charge is -2.25. The number of hydrogen-bond acceptors (Lipinski definition) is 6. The van der Waals surface area contributed by atoms with Crippen molar-refractivity contribution in [3.8, 4) is 17.6 Å². The number of ether oxygens (including phenoxy) is 3. The van der Waals surface area contributed by atoms with Crippen molar-refractivity contribution in [1.82, 2.24) is 0 Å². The Hall–Kier alpha value is -3.24. The Labute approximate surface area is 160 Å². The number of carbonyl (C=O) groups is 2. The molecule has 1 aliphatic rings. The van der Waals surface area contributed by atoms with Gasteiger partial charge >= 0.3 is 5.97 Å². The van der Waals surface area contributed by atoms with E-state index in [1.54, 1.807) is 24.3 Å². The summed E-state index contributed by atoms with van der Waals surface area (Å²) in [4.78, 5) is 24.5. The van der Waals surface area contributed by atoms with Crippen molar-refractivity contribution in [2.45, 2.75) is 19.1 Å². The number of rotatable bonds is 4. The molecule has 0 spiro atoms. The molecular weight excluding hydrogens is 372 g/mol. The van der Waals surface area contributed by atoms with Gasteiger partial charge in [0.25, 0.3) is 5.91 Å². The summed E-state index contributed by atoms with van der Waals surface area (Å²) in [6.07, 6.45) is -2.02. The van der Waals surface area contributed by atoms with Crippen LogP contribution in [0.25, 0.3) is 0 Å². The van der Waals surface area contributed by atoms with Crippen LogP contribution < -0.4 is 14.8 Å². The zero-order chi connectivity index (χ0) is 19.4. The number of nitrogens with zero attached hydrogens (tertiary/aromatic N) is 1. The molecule has 7 nitrogen and oxygen atoms in total. The molecule has 138 valence electrons. The molecule has 1 aliphatic heterocycles. The lowest BCUT2D eigenvalue weighted by molar-refractivity contribution is -0.162. The van der Waals surface area contributed by atoms with Crippen molar-refractivity contribution in [3.05, 3.63) is 53.1 Å². The van der Waals surface area contributed by atoms with Crippen LogP contribution in [0.3, 0.4) is 0 Å². The first-order valence-electron chi connectivity index (χ1n) is 8.07. The Kier molecular flexibility index (Phi) is 5.48. The SMILES string of the molecule is C[C@@H](OC(=O)[C@@H]1COc2ccccc2O1)C(=O)Nc1ccc(C#N)c(Cl)c1. The van der Waals surface area contributed by atoms with Crippen molar-refractivity contribution < 1.29 is 23.8 Å². The van der Waals surface area contributed by atoms with Gasteiger partial charge in [-0.2, -0.15) is 5.26 Å². The first kappa shape index (κ1) is 18.5. The van der Waals surface area contributed by atoms with Gasteiger partial charge in [-0.25, -0.2) is 4.79 Å². The summed E-state index contributed by atoms with van der Waals surface area (Å²) < 4.78 is 16.2. The second-order valence-corrected chi connectivity index (χ2v) is 6.15. The van der Waals surface area contributed by atoms with Crippen LogP contribution in [0.5, 0.6) is 11.5 Å². The van der Waals surface area contributed by atoms with E-state index in [0.717, 1.165) is 0 Å². The minimum absolute atomic E-state index is 0.00455. The monoisotopic (exact) mass is 386 g/mol. The van der Waals surface area contributed by atoms with Crippen LogP contribution >= 0.6 is 11.6 Å². The molecule has 0 fully saturated rings. The first-order valence-corrected chi connectivity index (χ1v) is 8.45. The summed E-state index contributed by atoms with van der Waals surface area (Å²) in [5, 5.41) is 11.7. The predicted molar refractivity (Wildman–Crippen MR) is 96.7 cm³/mol. The van der Waals surface area contributed by atoms with Gasteiger partial charge in [0, 0.05) is 5.69 Å². The topological polar surface area (TPSA) is 97.7 Å². The predicted octanol–water partition coefficient (Wildman–Crippen LogP) is 2.92. The molecule has 3 rings (SSSR count). The minimum atomic E-state index is -1.06. The fourth-order valence-electron chi connectivity index (χ4n) is 2.37. The van der Waals surface area contributed by atoms with E-state index in [0.29, 0.717) is 22.7 Å². The number of halogens is 1. The van der Waals surface area contributed by atoms with Crippen molar-refractivity contribution in [2.75, 3.05) is 11.9 Å². The van der Waals surface area contributed by atoms with Crippen LogP contribution in [-0.4, -0.2) is 30.7 Å². The van der Waals surface area contributed by atoms with Gasteiger partial charge in [0.05, 0.1) is 10.6 Å².